The second-order valence-corrected chi connectivity index (χ2v) is 6.31. The highest BCUT2D eigenvalue weighted by Gasteiger charge is 2.37. The third kappa shape index (κ3) is 3.94. The number of halogens is 1. The molecule has 2 aromatic rings. The zero-order chi connectivity index (χ0) is 17.8. The number of carbonyl (C=O) groups excluding carboxylic acids is 2. The van der Waals surface area contributed by atoms with E-state index in [1.807, 2.05) is 24.3 Å². The summed E-state index contributed by atoms with van der Waals surface area (Å²) in [6.45, 7) is 0.887. The second-order valence-electron chi connectivity index (χ2n) is 5.88. The van der Waals surface area contributed by atoms with E-state index in [0.29, 0.717) is 24.5 Å². The van der Waals surface area contributed by atoms with Crippen molar-refractivity contribution in [1.82, 2.24) is 5.32 Å². The summed E-state index contributed by atoms with van der Waals surface area (Å²) in [7, 11) is 1.60. The van der Waals surface area contributed by atoms with Gasteiger partial charge in [0, 0.05) is 23.8 Å². The number of rotatable bonds is 5. The molecule has 2 amide bonds. The molecule has 0 bridgehead atoms. The molecule has 0 radical (unpaired) electrons. The van der Waals surface area contributed by atoms with Crippen LogP contribution in [0.2, 0.25) is 5.02 Å². The first-order valence-corrected chi connectivity index (χ1v) is 8.44. The van der Waals surface area contributed by atoms with E-state index in [4.69, 9.17) is 16.3 Å². The van der Waals surface area contributed by atoms with Gasteiger partial charge in [-0.25, -0.2) is 0 Å². The molecular formula is C19H19ClN2O3. The molecule has 3 rings (SSSR count). The topological polar surface area (TPSA) is 58.6 Å². The monoisotopic (exact) mass is 358 g/mol. The molecule has 1 atom stereocenters. The Hall–Kier alpha value is -2.53. The van der Waals surface area contributed by atoms with E-state index < -0.39 is 5.92 Å². The van der Waals surface area contributed by atoms with Gasteiger partial charge in [-0.15, -0.1) is 0 Å². The minimum absolute atomic E-state index is 0.175. The zero-order valence-corrected chi connectivity index (χ0v) is 14.6. The minimum atomic E-state index is -0.652. The fourth-order valence-electron chi connectivity index (χ4n) is 2.90. The zero-order valence-electron chi connectivity index (χ0n) is 13.9. The van der Waals surface area contributed by atoms with Crippen molar-refractivity contribution < 1.29 is 14.3 Å². The van der Waals surface area contributed by atoms with E-state index >= 15 is 0 Å². The van der Waals surface area contributed by atoms with E-state index in [-0.39, 0.29) is 11.8 Å². The Morgan fingerprint density at radius 1 is 1.28 bits per heavy atom. The van der Waals surface area contributed by atoms with Crippen LogP contribution >= 0.6 is 11.6 Å². The Morgan fingerprint density at radius 2 is 2.04 bits per heavy atom. The number of anilines is 1. The average Bonchev–Trinajstić information content (AvgIpc) is 3.02. The summed E-state index contributed by atoms with van der Waals surface area (Å²) >= 11 is 5.88. The van der Waals surface area contributed by atoms with Gasteiger partial charge in [0.15, 0.2) is 0 Å². The third-order valence-corrected chi connectivity index (χ3v) is 4.51. The van der Waals surface area contributed by atoms with Crippen LogP contribution in [0.3, 0.4) is 0 Å². The highest BCUT2D eigenvalue weighted by Crippen LogP contribution is 2.26. The largest absolute Gasteiger partial charge is 0.497 e. The summed E-state index contributed by atoms with van der Waals surface area (Å²) in [5, 5.41) is 3.45. The van der Waals surface area contributed by atoms with E-state index in [2.05, 4.69) is 5.32 Å². The van der Waals surface area contributed by atoms with Gasteiger partial charge < -0.3 is 15.0 Å². The first-order valence-electron chi connectivity index (χ1n) is 8.06. The predicted molar refractivity (Wildman–Crippen MR) is 96.8 cm³/mol. The molecule has 0 aromatic heterocycles. The summed E-state index contributed by atoms with van der Waals surface area (Å²) in [5.74, 6) is -0.339. The fraction of sp³-hybridized carbons (Fsp3) is 0.263. The number of nitrogens with one attached hydrogen (secondary N) is 1. The highest BCUT2D eigenvalue weighted by molar-refractivity contribution is 6.30. The maximum atomic E-state index is 12.6. The van der Waals surface area contributed by atoms with Crippen molar-refractivity contribution in [2.45, 2.75) is 13.0 Å². The Labute approximate surface area is 151 Å². The molecule has 2 aromatic carbocycles. The number of benzene rings is 2. The molecule has 1 saturated heterocycles. The van der Waals surface area contributed by atoms with Crippen LogP contribution in [0.1, 0.15) is 12.0 Å². The van der Waals surface area contributed by atoms with Crippen LogP contribution in [0.5, 0.6) is 5.75 Å². The number of nitrogens with zero attached hydrogens (tertiary/aromatic N) is 1. The number of carbonyl (C=O) groups is 2. The number of methoxy groups -OCH3 is 1. The van der Waals surface area contributed by atoms with E-state index in [1.54, 1.807) is 36.3 Å². The van der Waals surface area contributed by atoms with Crippen molar-refractivity contribution in [3.05, 3.63) is 59.1 Å². The quantitative estimate of drug-likeness (QED) is 0.836. The number of hydrogen-bond acceptors (Lipinski definition) is 3. The van der Waals surface area contributed by atoms with E-state index in [0.717, 1.165) is 17.0 Å². The molecule has 0 spiro atoms. The normalized spacial score (nSPS) is 16.8. The van der Waals surface area contributed by atoms with E-state index in [9.17, 15) is 9.59 Å². The third-order valence-electron chi connectivity index (χ3n) is 4.26. The summed E-state index contributed by atoms with van der Waals surface area (Å²) in [6, 6.07) is 14.5. The number of hydrogen-bond donors (Lipinski definition) is 1. The van der Waals surface area contributed by atoms with Gasteiger partial charge in [-0.2, -0.15) is 0 Å². The molecule has 25 heavy (non-hydrogen) atoms. The van der Waals surface area contributed by atoms with Crippen LogP contribution < -0.4 is 15.0 Å². The van der Waals surface area contributed by atoms with Crippen molar-refractivity contribution in [3.63, 3.8) is 0 Å². The van der Waals surface area contributed by atoms with Crippen molar-refractivity contribution in [1.29, 1.82) is 0 Å². The summed E-state index contributed by atoms with van der Waals surface area (Å²) in [6.07, 6.45) is 0.505. The number of ether oxygens (including phenoxy) is 1. The maximum Gasteiger partial charge on any atom is 0.239 e. The highest BCUT2D eigenvalue weighted by atomic mass is 35.5. The molecule has 6 heteroatoms. The molecule has 1 heterocycles. The lowest BCUT2D eigenvalue weighted by molar-refractivity contribution is -0.132. The van der Waals surface area contributed by atoms with Gasteiger partial charge in [-0.1, -0.05) is 23.7 Å². The standard InChI is InChI=1S/C19H19ClN2O3/c1-25-16-4-2-3-13(11-16)12-21-18(23)17-9-10-22(19(17)24)15-7-5-14(20)6-8-15/h2-8,11,17H,9-10,12H2,1H3,(H,21,23). The van der Waals surface area contributed by atoms with Crippen LogP contribution in [0.15, 0.2) is 48.5 Å². The second kappa shape index (κ2) is 7.57. The van der Waals surface area contributed by atoms with Gasteiger partial charge in [0.05, 0.1) is 7.11 Å². The Morgan fingerprint density at radius 3 is 2.76 bits per heavy atom. The van der Waals surface area contributed by atoms with Crippen LogP contribution in [0.4, 0.5) is 5.69 Å². The smallest absolute Gasteiger partial charge is 0.239 e. The SMILES string of the molecule is COc1cccc(CNC(=O)C2CCN(c3ccc(Cl)cc3)C2=O)c1. The molecule has 0 saturated carbocycles. The lowest BCUT2D eigenvalue weighted by atomic mass is 10.1. The van der Waals surface area contributed by atoms with E-state index in [1.165, 1.54) is 0 Å². The van der Waals surface area contributed by atoms with Crippen LogP contribution in [-0.4, -0.2) is 25.5 Å². The predicted octanol–water partition coefficient (Wildman–Crippen LogP) is 3.02. The summed E-state index contributed by atoms with van der Waals surface area (Å²) in [5.41, 5.74) is 1.69. The first kappa shape index (κ1) is 17.3. The lowest BCUT2D eigenvalue weighted by Crippen LogP contribution is -2.36. The van der Waals surface area contributed by atoms with Crippen molar-refractivity contribution in [2.75, 3.05) is 18.6 Å². The maximum absolute atomic E-state index is 12.6. The molecule has 0 aliphatic carbocycles. The fourth-order valence-corrected chi connectivity index (χ4v) is 3.02. The molecule has 130 valence electrons. The molecule has 1 unspecified atom stereocenters. The van der Waals surface area contributed by atoms with Gasteiger partial charge in [-0.05, 0) is 48.4 Å². The minimum Gasteiger partial charge on any atom is -0.497 e. The van der Waals surface area contributed by atoms with Gasteiger partial charge in [0.2, 0.25) is 11.8 Å². The van der Waals surface area contributed by atoms with Gasteiger partial charge >= 0.3 is 0 Å². The lowest BCUT2D eigenvalue weighted by Gasteiger charge is -2.17. The Balaban J connectivity index is 1.61. The van der Waals surface area contributed by atoms with Crippen LogP contribution in [0.25, 0.3) is 0 Å². The van der Waals surface area contributed by atoms with Gasteiger partial charge in [0.25, 0.3) is 0 Å². The van der Waals surface area contributed by atoms with Gasteiger partial charge in [0.1, 0.15) is 11.7 Å². The van der Waals surface area contributed by atoms with Gasteiger partial charge in [-0.3, -0.25) is 9.59 Å². The van der Waals surface area contributed by atoms with Crippen molar-refractivity contribution in [3.8, 4) is 5.75 Å². The first-order chi connectivity index (χ1) is 12.1. The molecule has 1 aliphatic heterocycles. The summed E-state index contributed by atoms with van der Waals surface area (Å²) < 4.78 is 5.17. The Bertz CT molecular complexity index is 776. The van der Waals surface area contributed by atoms with Crippen molar-refractivity contribution >= 4 is 29.1 Å². The summed E-state index contributed by atoms with van der Waals surface area (Å²) in [4.78, 5) is 26.6. The Kier molecular flexibility index (Phi) is 5.24. The molecule has 5 nitrogen and oxygen atoms in total. The van der Waals surface area contributed by atoms with Crippen LogP contribution in [-0.2, 0) is 16.1 Å². The number of amides is 2. The molecular weight excluding hydrogens is 340 g/mol. The van der Waals surface area contributed by atoms with Crippen molar-refractivity contribution in [2.24, 2.45) is 5.92 Å². The van der Waals surface area contributed by atoms with Crippen LogP contribution in [0, 0.1) is 5.92 Å². The average molecular weight is 359 g/mol. The molecule has 1 fully saturated rings. The molecule has 1 N–H and O–H groups in total. The molecule has 1 aliphatic rings.